The lowest BCUT2D eigenvalue weighted by atomic mass is 9.91. The van der Waals surface area contributed by atoms with E-state index in [1.807, 2.05) is 0 Å². The van der Waals surface area contributed by atoms with Gasteiger partial charge >= 0.3 is 0 Å². The van der Waals surface area contributed by atoms with Crippen LogP contribution >= 0.6 is 0 Å². The van der Waals surface area contributed by atoms with Gasteiger partial charge < -0.3 is 5.32 Å². The lowest BCUT2D eigenvalue weighted by molar-refractivity contribution is 0.362. The first kappa shape index (κ1) is 14.0. The first-order valence-electron chi connectivity index (χ1n) is 6.11. The molecule has 0 radical (unpaired) electrons. The van der Waals surface area contributed by atoms with E-state index in [1.54, 1.807) is 0 Å². The zero-order chi connectivity index (χ0) is 12.4. The number of nitrogens with one attached hydrogen (secondary N) is 1. The van der Waals surface area contributed by atoms with Gasteiger partial charge in [-0.05, 0) is 37.1 Å². The van der Waals surface area contributed by atoms with Crippen LogP contribution in [0, 0.1) is 11.3 Å². The van der Waals surface area contributed by atoms with E-state index >= 15 is 0 Å². The molecule has 1 fully saturated rings. The predicted octanol–water partition coefficient (Wildman–Crippen LogP) is 1.84. The molecule has 4 heteroatoms. The summed E-state index contributed by atoms with van der Waals surface area (Å²) in [6.07, 6.45) is 4.49. The van der Waals surface area contributed by atoms with Crippen molar-refractivity contribution in [1.82, 2.24) is 5.32 Å². The van der Waals surface area contributed by atoms with Crippen LogP contribution in [0.2, 0.25) is 0 Å². The highest BCUT2D eigenvalue weighted by atomic mass is 32.2. The summed E-state index contributed by atoms with van der Waals surface area (Å²) in [4.78, 5) is 0. The second-order valence-electron chi connectivity index (χ2n) is 6.09. The van der Waals surface area contributed by atoms with E-state index in [9.17, 15) is 8.42 Å². The van der Waals surface area contributed by atoms with E-state index in [1.165, 1.54) is 19.1 Å². The van der Waals surface area contributed by atoms with Gasteiger partial charge in [-0.2, -0.15) is 0 Å². The van der Waals surface area contributed by atoms with Gasteiger partial charge in [-0.1, -0.05) is 20.8 Å². The zero-order valence-electron chi connectivity index (χ0n) is 10.9. The number of hydrogen-bond acceptors (Lipinski definition) is 3. The Balaban J connectivity index is 2.24. The van der Waals surface area contributed by atoms with Crippen molar-refractivity contribution in [2.45, 2.75) is 46.1 Å². The third-order valence-corrected chi connectivity index (χ3v) is 4.46. The largest absolute Gasteiger partial charge is 0.314 e. The van der Waals surface area contributed by atoms with E-state index in [0.29, 0.717) is 23.1 Å². The van der Waals surface area contributed by atoms with Crippen molar-refractivity contribution in [2.24, 2.45) is 11.3 Å². The van der Waals surface area contributed by atoms with Crippen LogP contribution in [0.3, 0.4) is 0 Å². The van der Waals surface area contributed by atoms with Crippen molar-refractivity contribution in [3.8, 4) is 0 Å². The Morgan fingerprint density at radius 2 is 1.94 bits per heavy atom. The fourth-order valence-electron chi connectivity index (χ4n) is 2.79. The molecule has 3 nitrogen and oxygen atoms in total. The average Bonchev–Trinajstić information content (AvgIpc) is 2.32. The number of rotatable bonds is 5. The Morgan fingerprint density at radius 1 is 1.31 bits per heavy atom. The van der Waals surface area contributed by atoms with Gasteiger partial charge in [0.15, 0.2) is 0 Å². The summed E-state index contributed by atoms with van der Waals surface area (Å²) in [5, 5.41) is 3.50. The van der Waals surface area contributed by atoms with Crippen LogP contribution in [0.1, 0.15) is 40.0 Å². The maximum atomic E-state index is 11.0. The molecule has 0 aromatic heterocycles. The van der Waals surface area contributed by atoms with Crippen LogP contribution in [0.4, 0.5) is 0 Å². The lowest BCUT2D eigenvalue weighted by Gasteiger charge is -2.18. The highest BCUT2D eigenvalue weighted by Crippen LogP contribution is 2.40. The molecule has 0 bridgehead atoms. The molecule has 0 aromatic rings. The van der Waals surface area contributed by atoms with Crippen molar-refractivity contribution < 1.29 is 8.42 Å². The minimum Gasteiger partial charge on any atom is -0.314 e. The fourth-order valence-corrected chi connectivity index (χ4v) is 3.46. The highest BCUT2D eigenvalue weighted by molar-refractivity contribution is 7.90. The summed E-state index contributed by atoms with van der Waals surface area (Å²) in [7, 11) is -2.80. The second kappa shape index (κ2) is 5.05. The van der Waals surface area contributed by atoms with Crippen LogP contribution in [-0.4, -0.2) is 33.0 Å². The number of sulfone groups is 1. The molecule has 0 aromatic carbocycles. The fraction of sp³-hybridized carbons (Fsp3) is 1.00. The SMILES string of the molecule is CC1CC(C)(C)CC1NCCCS(C)(=O)=O. The summed E-state index contributed by atoms with van der Waals surface area (Å²) in [5.74, 6) is 0.998. The third-order valence-electron chi connectivity index (χ3n) is 3.43. The molecule has 0 spiro atoms. The maximum Gasteiger partial charge on any atom is 0.147 e. The molecule has 96 valence electrons. The Morgan fingerprint density at radius 3 is 2.38 bits per heavy atom. The number of hydrogen-bond donors (Lipinski definition) is 1. The minimum absolute atomic E-state index is 0.296. The normalized spacial score (nSPS) is 29.5. The Kier molecular flexibility index (Phi) is 4.41. The predicted molar refractivity (Wildman–Crippen MR) is 68.3 cm³/mol. The van der Waals surface area contributed by atoms with E-state index < -0.39 is 9.84 Å². The summed E-state index contributed by atoms with van der Waals surface area (Å²) >= 11 is 0. The maximum absolute atomic E-state index is 11.0. The average molecular weight is 247 g/mol. The highest BCUT2D eigenvalue weighted by Gasteiger charge is 2.35. The van der Waals surface area contributed by atoms with E-state index in [-0.39, 0.29) is 0 Å². The van der Waals surface area contributed by atoms with Gasteiger partial charge in [0.2, 0.25) is 0 Å². The molecular weight excluding hydrogens is 222 g/mol. The minimum atomic E-state index is -2.80. The first-order valence-corrected chi connectivity index (χ1v) is 8.17. The molecule has 0 heterocycles. The van der Waals surface area contributed by atoms with Crippen LogP contribution in [-0.2, 0) is 9.84 Å². The van der Waals surface area contributed by atoms with E-state index in [4.69, 9.17) is 0 Å². The van der Waals surface area contributed by atoms with Crippen molar-refractivity contribution in [3.05, 3.63) is 0 Å². The lowest BCUT2D eigenvalue weighted by Crippen LogP contribution is -2.33. The van der Waals surface area contributed by atoms with E-state index in [2.05, 4.69) is 26.1 Å². The van der Waals surface area contributed by atoms with Gasteiger partial charge in [0.25, 0.3) is 0 Å². The molecule has 0 saturated heterocycles. The van der Waals surface area contributed by atoms with Crippen molar-refractivity contribution in [2.75, 3.05) is 18.6 Å². The monoisotopic (exact) mass is 247 g/mol. The molecule has 1 rings (SSSR count). The summed E-state index contributed by atoms with van der Waals surface area (Å²) < 4.78 is 21.9. The standard InChI is InChI=1S/C12H25NO2S/c1-10-8-12(2,3)9-11(10)13-6-5-7-16(4,14)15/h10-11,13H,5-9H2,1-4H3. The van der Waals surface area contributed by atoms with Gasteiger partial charge in [-0.25, -0.2) is 8.42 Å². The van der Waals surface area contributed by atoms with Crippen LogP contribution < -0.4 is 5.32 Å². The van der Waals surface area contributed by atoms with Gasteiger partial charge in [0.1, 0.15) is 9.84 Å². The summed E-state index contributed by atoms with van der Waals surface area (Å²) in [6, 6.07) is 0.564. The first-order chi connectivity index (χ1) is 7.20. The molecule has 2 unspecified atom stereocenters. The van der Waals surface area contributed by atoms with Crippen molar-refractivity contribution in [1.29, 1.82) is 0 Å². The smallest absolute Gasteiger partial charge is 0.147 e. The van der Waals surface area contributed by atoms with Gasteiger partial charge in [-0.15, -0.1) is 0 Å². The van der Waals surface area contributed by atoms with Gasteiger partial charge in [0.05, 0.1) is 5.75 Å². The van der Waals surface area contributed by atoms with Crippen molar-refractivity contribution in [3.63, 3.8) is 0 Å². The third kappa shape index (κ3) is 4.83. The van der Waals surface area contributed by atoms with Crippen LogP contribution in [0.25, 0.3) is 0 Å². The molecule has 1 aliphatic carbocycles. The summed E-state index contributed by atoms with van der Waals surface area (Å²) in [5.41, 5.74) is 0.438. The molecule has 1 aliphatic rings. The van der Waals surface area contributed by atoms with Gasteiger partial charge in [0, 0.05) is 12.3 Å². The molecule has 0 aliphatic heterocycles. The van der Waals surface area contributed by atoms with Crippen molar-refractivity contribution >= 4 is 9.84 Å². The molecule has 2 atom stereocenters. The Labute approximate surface area is 99.9 Å². The quantitative estimate of drug-likeness (QED) is 0.754. The summed E-state index contributed by atoms with van der Waals surface area (Å²) in [6.45, 7) is 7.71. The van der Waals surface area contributed by atoms with Crippen LogP contribution in [0.5, 0.6) is 0 Å². The zero-order valence-corrected chi connectivity index (χ0v) is 11.7. The topological polar surface area (TPSA) is 46.2 Å². The molecular formula is C12H25NO2S. The molecule has 1 saturated carbocycles. The van der Waals surface area contributed by atoms with Crippen LogP contribution in [0.15, 0.2) is 0 Å². The Bertz CT molecular complexity index is 322. The molecule has 0 amide bonds. The van der Waals surface area contributed by atoms with Gasteiger partial charge in [-0.3, -0.25) is 0 Å². The van der Waals surface area contributed by atoms with E-state index in [0.717, 1.165) is 13.0 Å². The Hall–Kier alpha value is -0.0900. The molecule has 1 N–H and O–H groups in total. The molecule has 16 heavy (non-hydrogen) atoms. The second-order valence-corrected chi connectivity index (χ2v) is 8.35.